The Bertz CT molecular complexity index is 1570. The molecule has 0 spiro atoms. The molecule has 11 heteroatoms. The lowest BCUT2D eigenvalue weighted by molar-refractivity contribution is -0.140. The molecule has 1 aliphatic carbocycles. The molecular formula is C30H31ClN4O4S2. The first-order valence-corrected chi connectivity index (χ1v) is 15.8. The van der Waals surface area contributed by atoms with Crippen molar-refractivity contribution in [2.45, 2.75) is 54.9 Å². The average molecular weight is 611 g/mol. The van der Waals surface area contributed by atoms with Crippen LogP contribution in [0.25, 0.3) is 5.69 Å². The summed E-state index contributed by atoms with van der Waals surface area (Å²) in [5, 5.41) is 11.2. The topological polar surface area (TPSA) is 88.4 Å². The zero-order valence-electron chi connectivity index (χ0n) is 23.1. The highest BCUT2D eigenvalue weighted by atomic mass is 35.5. The number of carbonyl (C=O) groups is 1. The van der Waals surface area contributed by atoms with Gasteiger partial charge in [0, 0.05) is 34.0 Å². The van der Waals surface area contributed by atoms with Crippen LogP contribution in [0.2, 0.25) is 5.02 Å². The van der Waals surface area contributed by atoms with Gasteiger partial charge in [-0.2, -0.15) is 0 Å². The van der Waals surface area contributed by atoms with Crippen LogP contribution < -0.4 is 9.47 Å². The molecule has 2 aliphatic rings. The van der Waals surface area contributed by atoms with Crippen molar-refractivity contribution in [3.05, 3.63) is 80.3 Å². The van der Waals surface area contributed by atoms with Crippen LogP contribution in [0.3, 0.4) is 0 Å². The van der Waals surface area contributed by atoms with E-state index in [1.54, 1.807) is 25.6 Å². The van der Waals surface area contributed by atoms with Gasteiger partial charge in [0.15, 0.2) is 17.3 Å². The highest BCUT2D eigenvalue weighted by molar-refractivity contribution is 8.00. The molecule has 3 heterocycles. The molecule has 41 heavy (non-hydrogen) atoms. The minimum atomic E-state index is -0.209. The molecule has 0 amide bonds. The minimum Gasteiger partial charge on any atom is -0.493 e. The van der Waals surface area contributed by atoms with Crippen molar-refractivity contribution in [3.8, 4) is 17.2 Å². The average Bonchev–Trinajstić information content (AvgIpc) is 3.62. The largest absolute Gasteiger partial charge is 0.493 e. The van der Waals surface area contributed by atoms with Crippen LogP contribution in [0.4, 0.5) is 0 Å². The maximum Gasteiger partial charge on any atom is 0.305 e. The lowest BCUT2D eigenvalue weighted by atomic mass is 10.0. The zero-order chi connectivity index (χ0) is 28.5. The van der Waals surface area contributed by atoms with Crippen LogP contribution >= 0.6 is 34.7 Å². The fourth-order valence-electron chi connectivity index (χ4n) is 5.33. The van der Waals surface area contributed by atoms with Gasteiger partial charge in [-0.15, -0.1) is 33.3 Å². The Labute approximate surface area is 252 Å². The Morgan fingerprint density at radius 3 is 2.63 bits per heavy atom. The number of benzene rings is 2. The fraction of sp³-hybridized carbons (Fsp3) is 0.400. The van der Waals surface area contributed by atoms with Gasteiger partial charge in [-0.3, -0.25) is 9.36 Å². The van der Waals surface area contributed by atoms with Gasteiger partial charge in [-0.05, 0) is 55.5 Å². The summed E-state index contributed by atoms with van der Waals surface area (Å²) < 4.78 is 18.6. The summed E-state index contributed by atoms with van der Waals surface area (Å²) in [4.78, 5) is 17.3. The summed E-state index contributed by atoms with van der Waals surface area (Å²) in [7, 11) is 4.75. The number of carbonyl (C=O) groups excluding carboxylic acids is 1. The van der Waals surface area contributed by atoms with E-state index >= 15 is 0 Å². The lowest BCUT2D eigenvalue weighted by Gasteiger charge is -2.24. The number of thiazole rings is 1. The minimum absolute atomic E-state index is 0.0319. The third-order valence-electron chi connectivity index (χ3n) is 7.50. The van der Waals surface area contributed by atoms with Gasteiger partial charge in [-0.1, -0.05) is 23.7 Å². The first kappa shape index (κ1) is 28.1. The summed E-state index contributed by atoms with van der Waals surface area (Å²) in [6.45, 7) is 0. The van der Waals surface area contributed by atoms with Crippen molar-refractivity contribution in [2.75, 3.05) is 21.3 Å². The van der Waals surface area contributed by atoms with Crippen LogP contribution in [0.1, 0.15) is 74.8 Å². The van der Waals surface area contributed by atoms with Gasteiger partial charge in [-0.25, -0.2) is 4.98 Å². The number of para-hydroxylation sites is 1. The molecule has 1 saturated carbocycles. The van der Waals surface area contributed by atoms with Crippen molar-refractivity contribution in [1.82, 2.24) is 19.7 Å². The first-order valence-electron chi connectivity index (χ1n) is 13.6. The van der Waals surface area contributed by atoms with Crippen molar-refractivity contribution < 1.29 is 19.0 Å². The Balaban J connectivity index is 1.39. The van der Waals surface area contributed by atoms with E-state index in [0.717, 1.165) is 64.0 Å². The molecule has 214 valence electrons. The number of rotatable bonds is 10. The second kappa shape index (κ2) is 12.0. The number of ether oxygens (including phenoxy) is 3. The molecule has 0 N–H and O–H groups in total. The number of esters is 1. The Kier molecular flexibility index (Phi) is 8.23. The number of nitrogens with zero attached hydrogens (tertiary/aromatic N) is 4. The van der Waals surface area contributed by atoms with E-state index in [9.17, 15) is 4.79 Å². The van der Waals surface area contributed by atoms with Crippen LogP contribution in [0.15, 0.2) is 42.6 Å². The molecule has 6 rings (SSSR count). The zero-order valence-corrected chi connectivity index (χ0v) is 25.5. The van der Waals surface area contributed by atoms with Crippen LogP contribution in [0.5, 0.6) is 11.5 Å². The normalized spacial score (nSPS) is 17.9. The second-order valence-electron chi connectivity index (χ2n) is 10.2. The molecular weight excluding hydrogens is 580 g/mol. The van der Waals surface area contributed by atoms with Crippen molar-refractivity contribution in [3.63, 3.8) is 0 Å². The van der Waals surface area contributed by atoms with Gasteiger partial charge in [0.05, 0.1) is 48.9 Å². The highest BCUT2D eigenvalue weighted by Crippen LogP contribution is 2.55. The summed E-state index contributed by atoms with van der Waals surface area (Å²) in [5.74, 6) is 3.59. The van der Waals surface area contributed by atoms with Crippen LogP contribution in [0, 0.1) is 0 Å². The van der Waals surface area contributed by atoms with Gasteiger partial charge in [0.25, 0.3) is 0 Å². The molecule has 2 unspecified atom stereocenters. The number of fused-ring (bicyclic) bond motifs is 3. The Hall–Kier alpha value is -3.08. The van der Waals surface area contributed by atoms with Crippen molar-refractivity contribution >= 4 is 40.7 Å². The smallest absolute Gasteiger partial charge is 0.305 e. The number of hydrogen-bond acceptors (Lipinski definition) is 9. The molecule has 0 radical (unpaired) electrons. The summed E-state index contributed by atoms with van der Waals surface area (Å²) in [6.07, 6.45) is 6.72. The molecule has 2 atom stereocenters. The van der Waals surface area contributed by atoms with Crippen LogP contribution in [-0.2, 0) is 22.4 Å². The Morgan fingerprint density at radius 2 is 1.88 bits per heavy atom. The van der Waals surface area contributed by atoms with Gasteiger partial charge in [0.1, 0.15) is 5.82 Å². The lowest BCUT2D eigenvalue weighted by Crippen LogP contribution is -2.08. The van der Waals surface area contributed by atoms with Crippen molar-refractivity contribution in [2.24, 2.45) is 0 Å². The molecule has 4 aromatic rings. The quantitative estimate of drug-likeness (QED) is 0.179. The number of hydrogen-bond donors (Lipinski definition) is 0. The third-order valence-corrected chi connectivity index (χ3v) is 10.4. The monoisotopic (exact) mass is 610 g/mol. The van der Waals surface area contributed by atoms with E-state index in [2.05, 4.69) is 27.8 Å². The standard InChI is InChI=1S/C30H31ClN4O4S2/c1-37-23-6-4-5-20(27(23)39-3)28-21-15-18(31)9-11-22(21)35-29(17-7-8-17)33-34-30(35)24(41-28)12-13-25-32-16-19(40-25)10-14-26(36)38-2/h4-6,9,11,15-17,24,28H,7-8,10,12-14H2,1-3H3. The van der Waals surface area contributed by atoms with E-state index < -0.39 is 0 Å². The summed E-state index contributed by atoms with van der Waals surface area (Å²) in [6, 6.07) is 12.1. The van der Waals surface area contributed by atoms with E-state index in [1.165, 1.54) is 7.11 Å². The molecule has 2 aromatic carbocycles. The molecule has 0 saturated heterocycles. The molecule has 0 bridgehead atoms. The first-order chi connectivity index (χ1) is 20.0. The van der Waals surface area contributed by atoms with Gasteiger partial charge < -0.3 is 14.2 Å². The molecule has 2 aromatic heterocycles. The van der Waals surface area contributed by atoms with Gasteiger partial charge >= 0.3 is 5.97 Å². The summed E-state index contributed by atoms with van der Waals surface area (Å²) in [5.41, 5.74) is 3.18. The predicted octanol–water partition coefficient (Wildman–Crippen LogP) is 6.89. The number of halogens is 1. The Morgan fingerprint density at radius 1 is 1.05 bits per heavy atom. The molecule has 1 fully saturated rings. The van der Waals surface area contributed by atoms with E-state index in [4.69, 9.17) is 36.0 Å². The van der Waals surface area contributed by atoms with Crippen LogP contribution in [-0.4, -0.2) is 47.0 Å². The number of aryl methyl sites for hydroxylation is 2. The third kappa shape index (κ3) is 5.69. The van der Waals surface area contributed by atoms with E-state index in [-0.39, 0.29) is 16.5 Å². The SMILES string of the molecule is COC(=O)CCc1cnc(CCC2SC(c3cccc(OC)c3OC)c3cc(Cl)ccc3-n3c(C4CC4)nnc32)s1. The summed E-state index contributed by atoms with van der Waals surface area (Å²) >= 11 is 10.1. The number of thioether (sulfide) groups is 1. The fourth-order valence-corrected chi connectivity index (χ4v) is 7.97. The van der Waals surface area contributed by atoms with Gasteiger partial charge in [0.2, 0.25) is 0 Å². The van der Waals surface area contributed by atoms with E-state index in [0.29, 0.717) is 35.3 Å². The maximum atomic E-state index is 11.6. The molecule has 8 nitrogen and oxygen atoms in total. The second-order valence-corrected chi connectivity index (χ2v) is 13.1. The van der Waals surface area contributed by atoms with Crippen molar-refractivity contribution in [1.29, 1.82) is 0 Å². The molecule has 1 aliphatic heterocycles. The number of methoxy groups -OCH3 is 3. The predicted molar refractivity (Wildman–Crippen MR) is 161 cm³/mol. The van der Waals surface area contributed by atoms with E-state index in [1.807, 2.05) is 36.2 Å². The maximum absolute atomic E-state index is 11.6. The number of aromatic nitrogens is 4. The highest BCUT2D eigenvalue weighted by Gasteiger charge is 2.38.